The molecule has 2 atom stereocenters. The highest BCUT2D eigenvalue weighted by Crippen LogP contribution is 2.37. The minimum Gasteiger partial charge on any atom is -0.403 e. The van der Waals surface area contributed by atoms with Crippen molar-refractivity contribution in [2.75, 3.05) is 63.8 Å². The van der Waals surface area contributed by atoms with Crippen molar-refractivity contribution in [1.82, 2.24) is 24.7 Å². The van der Waals surface area contributed by atoms with E-state index >= 15 is 0 Å². The summed E-state index contributed by atoms with van der Waals surface area (Å²) in [5.41, 5.74) is 2.64. The van der Waals surface area contributed by atoms with E-state index in [0.29, 0.717) is 50.2 Å². The van der Waals surface area contributed by atoms with E-state index in [2.05, 4.69) is 50.2 Å². The van der Waals surface area contributed by atoms with Crippen LogP contribution in [0.3, 0.4) is 0 Å². The summed E-state index contributed by atoms with van der Waals surface area (Å²) >= 11 is 0. The Morgan fingerprint density at radius 1 is 1.05 bits per heavy atom. The summed E-state index contributed by atoms with van der Waals surface area (Å²) in [6, 6.07) is 3.76. The number of carbonyl (C=O) groups excluding carboxylic acids is 1. The van der Waals surface area contributed by atoms with Crippen molar-refractivity contribution in [3.8, 4) is 5.75 Å². The van der Waals surface area contributed by atoms with Gasteiger partial charge in [-0.3, -0.25) is 14.6 Å². The number of fused-ring (bicyclic) bond motifs is 1. The Morgan fingerprint density at radius 2 is 1.76 bits per heavy atom. The van der Waals surface area contributed by atoms with E-state index in [9.17, 15) is 22.4 Å². The molecular formula is C29H38F4N6O2. The number of carbonyl (C=O) groups is 1. The molecule has 2 saturated heterocycles. The Hall–Kier alpha value is -2.99. The maximum atomic E-state index is 14.8. The fourth-order valence-electron chi connectivity index (χ4n) is 6.22. The number of hydrogen-bond donors (Lipinski definition) is 0. The third-order valence-electron chi connectivity index (χ3n) is 8.60. The number of benzene rings is 1. The van der Waals surface area contributed by atoms with E-state index < -0.39 is 23.8 Å². The molecule has 41 heavy (non-hydrogen) atoms. The highest BCUT2D eigenvalue weighted by Gasteiger charge is 2.35. The standard InChI is InChI=1S/C29H38F4N6O2/c1-19(2)37-10-8-36(9-11-37)17-22(21-5-7-25(23(30)16-21)41-29(31,32)33)28(40)39-14-12-38(13-15-39)27-26-20(3)4-6-24(26)34-18-35-27/h5,7,16,18-20,22H,4,6,8-15,17H2,1-3H3/t20-,22-/m1/s1. The zero-order chi connectivity index (χ0) is 29.3. The van der Waals surface area contributed by atoms with Crippen molar-refractivity contribution in [2.45, 2.75) is 57.9 Å². The molecular weight excluding hydrogens is 540 g/mol. The molecule has 5 rings (SSSR count). The molecule has 0 saturated carbocycles. The second-order valence-electron chi connectivity index (χ2n) is 11.5. The maximum Gasteiger partial charge on any atom is 0.573 e. The number of piperazine rings is 2. The van der Waals surface area contributed by atoms with Crippen molar-refractivity contribution in [1.29, 1.82) is 0 Å². The van der Waals surface area contributed by atoms with E-state index in [4.69, 9.17) is 0 Å². The molecule has 0 unspecified atom stereocenters. The number of alkyl halides is 3. The molecule has 224 valence electrons. The highest BCUT2D eigenvalue weighted by atomic mass is 19.4. The lowest BCUT2D eigenvalue weighted by atomic mass is 9.95. The van der Waals surface area contributed by atoms with Gasteiger partial charge >= 0.3 is 6.36 Å². The summed E-state index contributed by atoms with van der Waals surface area (Å²) in [4.78, 5) is 31.5. The molecule has 8 nitrogen and oxygen atoms in total. The molecule has 1 aromatic heterocycles. The Labute approximate surface area is 238 Å². The summed E-state index contributed by atoms with van der Waals surface area (Å²) in [5, 5.41) is 0. The van der Waals surface area contributed by atoms with Gasteiger partial charge in [0.1, 0.15) is 12.1 Å². The summed E-state index contributed by atoms with van der Waals surface area (Å²) in [6.45, 7) is 12.2. The van der Waals surface area contributed by atoms with Gasteiger partial charge in [-0.1, -0.05) is 13.0 Å². The van der Waals surface area contributed by atoms with Crippen LogP contribution in [-0.2, 0) is 11.2 Å². The molecule has 3 heterocycles. The quantitative estimate of drug-likeness (QED) is 0.460. The third-order valence-corrected chi connectivity index (χ3v) is 8.60. The average Bonchev–Trinajstić information content (AvgIpc) is 3.33. The molecule has 1 aromatic carbocycles. The third kappa shape index (κ3) is 6.74. The van der Waals surface area contributed by atoms with Crippen LogP contribution in [0.25, 0.3) is 0 Å². The summed E-state index contributed by atoms with van der Waals surface area (Å²) in [7, 11) is 0. The van der Waals surface area contributed by atoms with Crippen LogP contribution in [0.1, 0.15) is 55.8 Å². The fourth-order valence-corrected chi connectivity index (χ4v) is 6.22. The van der Waals surface area contributed by atoms with Gasteiger partial charge in [-0.25, -0.2) is 14.4 Å². The molecule has 0 N–H and O–H groups in total. The second-order valence-corrected chi connectivity index (χ2v) is 11.5. The molecule has 1 aliphatic carbocycles. The van der Waals surface area contributed by atoms with E-state index in [0.717, 1.165) is 62.7 Å². The van der Waals surface area contributed by atoms with Gasteiger partial charge in [-0.15, -0.1) is 13.2 Å². The number of hydrogen-bond acceptors (Lipinski definition) is 7. The lowest BCUT2D eigenvalue weighted by Crippen LogP contribution is -2.53. The van der Waals surface area contributed by atoms with Gasteiger partial charge in [0, 0.05) is 76.2 Å². The first-order valence-electron chi connectivity index (χ1n) is 14.4. The first kappa shape index (κ1) is 29.5. The normalized spacial score (nSPS) is 21.3. The Bertz CT molecular complexity index is 1230. The van der Waals surface area contributed by atoms with Crippen LogP contribution in [0.5, 0.6) is 5.75 Å². The van der Waals surface area contributed by atoms with Crippen molar-refractivity contribution >= 4 is 11.7 Å². The van der Waals surface area contributed by atoms with Crippen LogP contribution in [0, 0.1) is 5.82 Å². The summed E-state index contributed by atoms with van der Waals surface area (Å²) in [5.74, 6) is -1.59. The van der Waals surface area contributed by atoms with Gasteiger partial charge in [-0.05, 0) is 50.3 Å². The van der Waals surface area contributed by atoms with Crippen LogP contribution in [0.4, 0.5) is 23.4 Å². The molecule has 2 fully saturated rings. The number of aromatic nitrogens is 2. The molecule has 0 bridgehead atoms. The monoisotopic (exact) mass is 578 g/mol. The van der Waals surface area contributed by atoms with Crippen LogP contribution in [0.15, 0.2) is 24.5 Å². The van der Waals surface area contributed by atoms with Gasteiger partial charge in [0.25, 0.3) is 0 Å². The minimum absolute atomic E-state index is 0.152. The largest absolute Gasteiger partial charge is 0.573 e. The number of ether oxygens (including phenoxy) is 1. The Balaban J connectivity index is 1.32. The van der Waals surface area contributed by atoms with Crippen molar-refractivity contribution < 1.29 is 27.1 Å². The topological polar surface area (TPSA) is 65.0 Å². The first-order chi connectivity index (χ1) is 19.5. The molecule has 2 aliphatic heterocycles. The zero-order valence-electron chi connectivity index (χ0n) is 23.8. The van der Waals surface area contributed by atoms with E-state index in [1.807, 2.05) is 0 Å². The number of anilines is 1. The predicted octanol–water partition coefficient (Wildman–Crippen LogP) is 4.02. The zero-order valence-corrected chi connectivity index (χ0v) is 23.8. The van der Waals surface area contributed by atoms with Crippen LogP contribution in [-0.4, -0.2) is 102 Å². The van der Waals surface area contributed by atoms with Gasteiger partial charge < -0.3 is 14.5 Å². The first-order valence-corrected chi connectivity index (χ1v) is 14.4. The van der Waals surface area contributed by atoms with Crippen LogP contribution >= 0.6 is 0 Å². The highest BCUT2D eigenvalue weighted by molar-refractivity contribution is 5.84. The molecule has 2 aromatic rings. The maximum absolute atomic E-state index is 14.8. The Kier molecular flexibility index (Phi) is 8.70. The fraction of sp³-hybridized carbons (Fsp3) is 0.621. The molecule has 12 heteroatoms. The number of nitrogens with zero attached hydrogens (tertiary/aromatic N) is 6. The second kappa shape index (κ2) is 12.1. The van der Waals surface area contributed by atoms with Gasteiger partial charge in [-0.2, -0.15) is 0 Å². The summed E-state index contributed by atoms with van der Waals surface area (Å²) < 4.78 is 56.8. The van der Waals surface area contributed by atoms with Gasteiger partial charge in [0.05, 0.1) is 5.92 Å². The minimum atomic E-state index is -5.01. The summed E-state index contributed by atoms with van der Waals surface area (Å²) in [6.07, 6.45) is -1.40. The van der Waals surface area contributed by atoms with Crippen LogP contribution in [0.2, 0.25) is 0 Å². The number of halogens is 4. The van der Waals surface area contributed by atoms with E-state index in [-0.39, 0.29) is 5.91 Å². The lowest BCUT2D eigenvalue weighted by molar-refractivity contribution is -0.275. The average molecular weight is 579 g/mol. The van der Waals surface area contributed by atoms with Crippen LogP contribution < -0.4 is 9.64 Å². The van der Waals surface area contributed by atoms with Crippen molar-refractivity contribution in [2.24, 2.45) is 0 Å². The number of rotatable bonds is 7. The van der Waals surface area contributed by atoms with Gasteiger partial charge in [0.2, 0.25) is 5.91 Å². The predicted molar refractivity (Wildman–Crippen MR) is 147 cm³/mol. The Morgan fingerprint density at radius 3 is 2.39 bits per heavy atom. The lowest BCUT2D eigenvalue weighted by Gasteiger charge is -2.40. The van der Waals surface area contributed by atoms with Gasteiger partial charge in [0.15, 0.2) is 11.6 Å². The number of aryl methyl sites for hydroxylation is 1. The number of amides is 1. The van der Waals surface area contributed by atoms with Crippen molar-refractivity contribution in [3.63, 3.8) is 0 Å². The van der Waals surface area contributed by atoms with E-state index in [1.165, 1.54) is 11.6 Å². The molecule has 1 amide bonds. The molecule has 0 spiro atoms. The van der Waals surface area contributed by atoms with Crippen molar-refractivity contribution in [3.05, 3.63) is 47.2 Å². The SMILES string of the molecule is CC(C)N1CCN(C[C@@H](C(=O)N2CCN(c3ncnc4c3[C@H](C)CC4)CC2)c2ccc(OC(F)(F)F)c(F)c2)CC1. The smallest absolute Gasteiger partial charge is 0.403 e. The molecule has 3 aliphatic rings. The van der Waals surface area contributed by atoms with E-state index in [1.54, 1.807) is 11.2 Å². The molecule has 0 radical (unpaired) electrons.